The lowest BCUT2D eigenvalue weighted by molar-refractivity contribution is 0.419. The highest BCUT2D eigenvalue weighted by atomic mass is 16.5. The molecule has 0 unspecified atom stereocenters. The minimum atomic E-state index is 0. The average molecular weight is 227 g/mol. The van der Waals surface area contributed by atoms with Gasteiger partial charge in [0.1, 0.15) is 11.3 Å². The molecule has 3 rings (SSSR count). The van der Waals surface area contributed by atoms with Gasteiger partial charge in [0.05, 0.1) is 23.7 Å². The fraction of sp³-hybridized carbons (Fsp3) is 0.0769. The second-order valence-electron chi connectivity index (χ2n) is 3.54. The summed E-state index contributed by atoms with van der Waals surface area (Å²) in [6.07, 6.45) is 0. The molecule has 0 aliphatic rings. The highest BCUT2D eigenvalue weighted by molar-refractivity contribution is 5.89. The standard InChI is InChI=1S/C13H10N2O.H3N/c1-16-12-8-4-7-11-13(12)15-10-6-3-2-5-9(10)14-11;/h2-8H,1H3;1H3. The van der Waals surface area contributed by atoms with Crippen LogP contribution >= 0.6 is 0 Å². The molecule has 3 N–H and O–H groups in total. The monoisotopic (exact) mass is 227 g/mol. The van der Waals surface area contributed by atoms with Crippen molar-refractivity contribution in [3.63, 3.8) is 0 Å². The fourth-order valence-corrected chi connectivity index (χ4v) is 1.78. The van der Waals surface area contributed by atoms with E-state index in [9.17, 15) is 0 Å². The van der Waals surface area contributed by atoms with Gasteiger partial charge >= 0.3 is 0 Å². The summed E-state index contributed by atoms with van der Waals surface area (Å²) in [6.45, 7) is 0. The Morgan fingerprint density at radius 1 is 0.824 bits per heavy atom. The molecule has 4 nitrogen and oxygen atoms in total. The number of benzene rings is 2. The lowest BCUT2D eigenvalue weighted by atomic mass is 10.2. The van der Waals surface area contributed by atoms with E-state index >= 15 is 0 Å². The van der Waals surface area contributed by atoms with Crippen LogP contribution in [0, 0.1) is 0 Å². The summed E-state index contributed by atoms with van der Waals surface area (Å²) >= 11 is 0. The van der Waals surface area contributed by atoms with E-state index in [4.69, 9.17) is 4.74 Å². The molecule has 0 aliphatic carbocycles. The summed E-state index contributed by atoms with van der Waals surface area (Å²) in [5.74, 6) is 0.760. The Bertz CT molecular complexity index is 667. The third kappa shape index (κ3) is 1.79. The molecule has 2 aromatic carbocycles. The zero-order chi connectivity index (χ0) is 11.0. The molecule has 0 saturated carbocycles. The van der Waals surface area contributed by atoms with Gasteiger partial charge in [-0.25, -0.2) is 9.97 Å². The van der Waals surface area contributed by atoms with Crippen LogP contribution in [0.2, 0.25) is 0 Å². The molecule has 17 heavy (non-hydrogen) atoms. The molecule has 0 atom stereocenters. The van der Waals surface area contributed by atoms with Gasteiger partial charge in [-0.2, -0.15) is 0 Å². The van der Waals surface area contributed by atoms with Crippen molar-refractivity contribution < 1.29 is 4.74 Å². The second-order valence-corrected chi connectivity index (χ2v) is 3.54. The number of aromatic nitrogens is 2. The zero-order valence-electron chi connectivity index (χ0n) is 9.55. The van der Waals surface area contributed by atoms with Crippen LogP contribution in [0.15, 0.2) is 42.5 Å². The van der Waals surface area contributed by atoms with E-state index in [1.807, 2.05) is 42.5 Å². The Morgan fingerprint density at radius 2 is 1.47 bits per heavy atom. The molecule has 1 aromatic heterocycles. The first-order valence-corrected chi connectivity index (χ1v) is 5.08. The van der Waals surface area contributed by atoms with Crippen LogP contribution in [-0.4, -0.2) is 17.1 Å². The van der Waals surface area contributed by atoms with E-state index in [1.165, 1.54) is 0 Å². The Balaban J connectivity index is 0.00000108. The number of methoxy groups -OCH3 is 1. The predicted molar refractivity (Wildman–Crippen MR) is 68.6 cm³/mol. The van der Waals surface area contributed by atoms with Crippen LogP contribution in [0.4, 0.5) is 0 Å². The van der Waals surface area contributed by atoms with Crippen molar-refractivity contribution in [2.45, 2.75) is 0 Å². The SMILES string of the molecule is COc1cccc2nc3ccccc3nc12.N. The number of fused-ring (bicyclic) bond motifs is 2. The van der Waals surface area contributed by atoms with E-state index in [0.717, 1.165) is 27.8 Å². The molecule has 0 fully saturated rings. The molecule has 0 amide bonds. The van der Waals surface area contributed by atoms with Crippen LogP contribution in [-0.2, 0) is 0 Å². The van der Waals surface area contributed by atoms with Crippen LogP contribution in [0.1, 0.15) is 0 Å². The van der Waals surface area contributed by atoms with E-state index < -0.39 is 0 Å². The van der Waals surface area contributed by atoms with Crippen molar-refractivity contribution in [1.29, 1.82) is 0 Å². The summed E-state index contributed by atoms with van der Waals surface area (Å²) < 4.78 is 5.27. The van der Waals surface area contributed by atoms with Crippen LogP contribution in [0.25, 0.3) is 22.1 Å². The second kappa shape index (κ2) is 4.35. The number of hydrogen-bond acceptors (Lipinski definition) is 4. The van der Waals surface area contributed by atoms with Crippen molar-refractivity contribution in [3.8, 4) is 5.75 Å². The number of nitrogens with zero attached hydrogens (tertiary/aromatic N) is 2. The molecule has 4 heteroatoms. The number of para-hydroxylation sites is 3. The smallest absolute Gasteiger partial charge is 0.146 e. The van der Waals surface area contributed by atoms with E-state index in [0.29, 0.717) is 0 Å². The van der Waals surface area contributed by atoms with Gasteiger partial charge in [0.25, 0.3) is 0 Å². The van der Waals surface area contributed by atoms with Crippen molar-refractivity contribution in [2.75, 3.05) is 7.11 Å². The molecular weight excluding hydrogens is 214 g/mol. The third-order valence-electron chi connectivity index (χ3n) is 2.55. The Labute approximate surface area is 98.8 Å². The summed E-state index contributed by atoms with van der Waals surface area (Å²) in [5.41, 5.74) is 3.46. The quantitative estimate of drug-likeness (QED) is 0.649. The van der Waals surface area contributed by atoms with Gasteiger partial charge in [-0.1, -0.05) is 18.2 Å². The normalized spacial score (nSPS) is 10.2. The number of hydrogen-bond donors (Lipinski definition) is 1. The molecule has 0 aliphatic heterocycles. The topological polar surface area (TPSA) is 70.0 Å². The molecule has 3 aromatic rings. The van der Waals surface area contributed by atoms with Crippen molar-refractivity contribution in [2.24, 2.45) is 0 Å². The number of rotatable bonds is 1. The van der Waals surface area contributed by atoms with Crippen molar-refractivity contribution >= 4 is 22.1 Å². The van der Waals surface area contributed by atoms with Crippen LogP contribution < -0.4 is 10.9 Å². The summed E-state index contributed by atoms with van der Waals surface area (Å²) in [4.78, 5) is 9.10. The minimum Gasteiger partial charge on any atom is -0.494 e. The fourth-order valence-electron chi connectivity index (χ4n) is 1.78. The maximum absolute atomic E-state index is 5.27. The zero-order valence-corrected chi connectivity index (χ0v) is 9.55. The maximum atomic E-state index is 5.27. The first-order chi connectivity index (χ1) is 7.88. The Morgan fingerprint density at radius 3 is 2.18 bits per heavy atom. The van der Waals surface area contributed by atoms with Gasteiger partial charge in [0.2, 0.25) is 0 Å². The third-order valence-corrected chi connectivity index (χ3v) is 2.55. The van der Waals surface area contributed by atoms with Crippen molar-refractivity contribution in [3.05, 3.63) is 42.5 Å². The maximum Gasteiger partial charge on any atom is 0.146 e. The Kier molecular flexibility index (Phi) is 2.89. The van der Waals surface area contributed by atoms with Crippen molar-refractivity contribution in [1.82, 2.24) is 16.1 Å². The lowest BCUT2D eigenvalue weighted by Gasteiger charge is -2.04. The summed E-state index contributed by atoms with van der Waals surface area (Å²) in [7, 11) is 1.64. The molecule has 0 spiro atoms. The predicted octanol–water partition coefficient (Wildman–Crippen LogP) is 2.95. The molecule has 0 bridgehead atoms. The Hall–Kier alpha value is -2.20. The average Bonchev–Trinajstić information content (AvgIpc) is 2.35. The van der Waals surface area contributed by atoms with E-state index in [2.05, 4.69) is 9.97 Å². The first kappa shape index (κ1) is 11.3. The minimum absolute atomic E-state index is 0. The highest BCUT2D eigenvalue weighted by Crippen LogP contribution is 2.24. The van der Waals surface area contributed by atoms with Crippen LogP contribution in [0.5, 0.6) is 5.75 Å². The summed E-state index contributed by atoms with van der Waals surface area (Å²) in [5, 5.41) is 0. The molecule has 0 saturated heterocycles. The molecule has 1 heterocycles. The molecular formula is C13H13N3O. The van der Waals surface area contributed by atoms with Gasteiger partial charge in [-0.15, -0.1) is 0 Å². The van der Waals surface area contributed by atoms with Crippen LogP contribution in [0.3, 0.4) is 0 Å². The van der Waals surface area contributed by atoms with Gasteiger partial charge in [-0.3, -0.25) is 0 Å². The molecule has 0 radical (unpaired) electrons. The van der Waals surface area contributed by atoms with Gasteiger partial charge in [0.15, 0.2) is 0 Å². The highest BCUT2D eigenvalue weighted by Gasteiger charge is 2.05. The lowest BCUT2D eigenvalue weighted by Crippen LogP contribution is -1.91. The first-order valence-electron chi connectivity index (χ1n) is 5.08. The van der Waals surface area contributed by atoms with Gasteiger partial charge in [-0.05, 0) is 24.3 Å². The summed E-state index contributed by atoms with van der Waals surface area (Å²) in [6, 6.07) is 13.6. The van der Waals surface area contributed by atoms with E-state index in [1.54, 1.807) is 7.11 Å². The molecule has 86 valence electrons. The largest absolute Gasteiger partial charge is 0.494 e. The van der Waals surface area contributed by atoms with E-state index in [-0.39, 0.29) is 6.15 Å². The van der Waals surface area contributed by atoms with Gasteiger partial charge in [0, 0.05) is 0 Å². The number of ether oxygens (including phenoxy) is 1. The van der Waals surface area contributed by atoms with Gasteiger partial charge < -0.3 is 10.9 Å².